The van der Waals surface area contributed by atoms with Crippen molar-refractivity contribution < 1.29 is 9.53 Å². The molecule has 0 aliphatic carbocycles. The van der Waals surface area contributed by atoms with Crippen LogP contribution < -0.4 is 5.73 Å². The number of hydrogen-bond acceptors (Lipinski definition) is 4. The van der Waals surface area contributed by atoms with Crippen LogP contribution in [0.4, 0.5) is 0 Å². The van der Waals surface area contributed by atoms with Crippen molar-refractivity contribution in [2.75, 3.05) is 7.11 Å². The molecule has 1 aromatic carbocycles. The molecule has 1 heterocycles. The van der Waals surface area contributed by atoms with Crippen LogP contribution in [0.5, 0.6) is 0 Å². The van der Waals surface area contributed by atoms with Gasteiger partial charge >= 0.3 is 5.97 Å². The summed E-state index contributed by atoms with van der Waals surface area (Å²) < 4.78 is 5.66. The first-order valence-electron chi connectivity index (χ1n) is 4.64. The third-order valence-corrected chi connectivity index (χ3v) is 3.69. The zero-order valence-electron chi connectivity index (χ0n) is 8.57. The first-order chi connectivity index (χ1) is 7.61. The van der Waals surface area contributed by atoms with E-state index in [9.17, 15) is 4.79 Å². The summed E-state index contributed by atoms with van der Waals surface area (Å²) in [6.07, 6.45) is 0. The van der Waals surface area contributed by atoms with E-state index in [4.69, 9.17) is 17.3 Å². The van der Waals surface area contributed by atoms with Gasteiger partial charge in [-0.05, 0) is 29.7 Å². The van der Waals surface area contributed by atoms with E-state index in [2.05, 4.69) is 4.74 Å². The maximum atomic E-state index is 11.3. The molecule has 0 fully saturated rings. The minimum absolute atomic E-state index is 0.433. The highest BCUT2D eigenvalue weighted by Gasteiger charge is 2.18. The van der Waals surface area contributed by atoms with E-state index in [1.165, 1.54) is 18.4 Å². The van der Waals surface area contributed by atoms with Gasteiger partial charge in [0.2, 0.25) is 0 Å². The molecule has 0 spiro atoms. The van der Waals surface area contributed by atoms with Gasteiger partial charge in [0, 0.05) is 14.6 Å². The second-order valence-corrected chi connectivity index (χ2v) is 4.88. The molecule has 0 saturated heterocycles. The van der Waals surface area contributed by atoms with Gasteiger partial charge < -0.3 is 10.5 Å². The lowest BCUT2D eigenvalue weighted by atomic mass is 10.2. The molecule has 0 bridgehead atoms. The van der Waals surface area contributed by atoms with Crippen LogP contribution in [-0.2, 0) is 9.53 Å². The van der Waals surface area contributed by atoms with Crippen LogP contribution in [-0.4, -0.2) is 13.1 Å². The summed E-state index contributed by atoms with van der Waals surface area (Å²) in [7, 11) is 1.33. The summed E-state index contributed by atoms with van der Waals surface area (Å²) in [4.78, 5) is 12.1. The van der Waals surface area contributed by atoms with Crippen LogP contribution in [0.1, 0.15) is 10.9 Å². The number of methoxy groups -OCH3 is 1. The number of thiophene rings is 1. The van der Waals surface area contributed by atoms with Gasteiger partial charge in [0.1, 0.15) is 6.04 Å². The highest BCUT2D eigenvalue weighted by Crippen LogP contribution is 2.31. The summed E-state index contributed by atoms with van der Waals surface area (Å²) in [5.74, 6) is -0.433. The largest absolute Gasteiger partial charge is 0.468 e. The molecular formula is C11H10ClNO2S. The summed E-state index contributed by atoms with van der Waals surface area (Å²) in [5, 5.41) is 1.66. The molecule has 3 nitrogen and oxygen atoms in total. The van der Waals surface area contributed by atoms with Gasteiger partial charge in [-0.2, -0.15) is 0 Å². The Balaban J connectivity index is 2.43. The highest BCUT2D eigenvalue weighted by atomic mass is 35.5. The molecule has 84 valence electrons. The molecule has 0 aliphatic rings. The third kappa shape index (κ3) is 2.04. The van der Waals surface area contributed by atoms with Crippen molar-refractivity contribution in [3.8, 4) is 0 Å². The number of benzene rings is 1. The minimum Gasteiger partial charge on any atom is -0.468 e. The van der Waals surface area contributed by atoms with Crippen molar-refractivity contribution in [1.29, 1.82) is 0 Å². The Morgan fingerprint density at radius 2 is 2.25 bits per heavy atom. The average Bonchev–Trinajstić information content (AvgIpc) is 2.69. The molecule has 2 N–H and O–H groups in total. The molecule has 0 aliphatic heterocycles. The minimum atomic E-state index is -0.721. The lowest BCUT2D eigenvalue weighted by molar-refractivity contribution is -0.142. The van der Waals surface area contributed by atoms with E-state index in [1.807, 2.05) is 24.3 Å². The van der Waals surface area contributed by atoms with Crippen LogP contribution in [0.3, 0.4) is 0 Å². The van der Waals surface area contributed by atoms with E-state index >= 15 is 0 Å². The Kier molecular flexibility index (Phi) is 3.14. The smallest absolute Gasteiger partial charge is 0.328 e. The number of esters is 1. The van der Waals surface area contributed by atoms with Gasteiger partial charge in [-0.25, -0.2) is 4.79 Å². The predicted octanol–water partition coefficient (Wildman–Crippen LogP) is 2.73. The number of ether oxygens (including phenoxy) is 1. The number of nitrogens with two attached hydrogens (primary N) is 1. The molecular weight excluding hydrogens is 246 g/mol. The molecule has 2 aromatic rings. The Labute approximate surface area is 102 Å². The lowest BCUT2D eigenvalue weighted by Gasteiger charge is -2.05. The molecule has 0 radical (unpaired) electrons. The monoisotopic (exact) mass is 255 g/mol. The Hall–Kier alpha value is -1.10. The zero-order chi connectivity index (χ0) is 11.7. The Morgan fingerprint density at radius 1 is 1.50 bits per heavy atom. The summed E-state index contributed by atoms with van der Waals surface area (Å²) in [6, 6.07) is 6.72. The average molecular weight is 256 g/mol. The number of rotatable bonds is 2. The van der Waals surface area contributed by atoms with Crippen LogP contribution in [0.2, 0.25) is 5.02 Å². The fraction of sp³-hybridized carbons (Fsp3) is 0.182. The van der Waals surface area contributed by atoms with Crippen molar-refractivity contribution in [1.82, 2.24) is 0 Å². The Morgan fingerprint density at radius 3 is 2.94 bits per heavy atom. The highest BCUT2D eigenvalue weighted by molar-refractivity contribution is 7.19. The molecule has 2 rings (SSSR count). The van der Waals surface area contributed by atoms with Crippen LogP contribution in [0.15, 0.2) is 24.3 Å². The summed E-state index contributed by atoms with van der Waals surface area (Å²) in [6.45, 7) is 0. The molecule has 5 heteroatoms. The number of carbonyl (C=O) groups is 1. The second-order valence-electron chi connectivity index (χ2n) is 3.33. The third-order valence-electron chi connectivity index (χ3n) is 2.26. The quantitative estimate of drug-likeness (QED) is 0.840. The van der Waals surface area contributed by atoms with Crippen molar-refractivity contribution >= 4 is 39.0 Å². The van der Waals surface area contributed by atoms with Crippen molar-refractivity contribution in [2.45, 2.75) is 6.04 Å². The fourth-order valence-electron chi connectivity index (χ4n) is 1.43. The Bertz CT molecular complexity index is 538. The summed E-state index contributed by atoms with van der Waals surface area (Å²) in [5.41, 5.74) is 5.75. The standard InChI is InChI=1S/C11H10ClNO2S/c1-15-11(14)10(13)9-5-6-4-7(12)2-3-8(6)16-9/h2-5,10H,13H2,1H3. The van der Waals surface area contributed by atoms with Gasteiger partial charge in [-0.3, -0.25) is 0 Å². The topological polar surface area (TPSA) is 52.3 Å². The van der Waals surface area contributed by atoms with Crippen molar-refractivity contribution in [3.63, 3.8) is 0 Å². The van der Waals surface area contributed by atoms with E-state index < -0.39 is 12.0 Å². The molecule has 0 saturated carbocycles. The van der Waals surface area contributed by atoms with Crippen molar-refractivity contribution in [2.24, 2.45) is 5.73 Å². The van der Waals surface area contributed by atoms with Gasteiger partial charge in [0.05, 0.1) is 7.11 Å². The van der Waals surface area contributed by atoms with Crippen LogP contribution in [0.25, 0.3) is 10.1 Å². The second kappa shape index (κ2) is 4.41. The summed E-state index contributed by atoms with van der Waals surface area (Å²) >= 11 is 7.35. The zero-order valence-corrected chi connectivity index (χ0v) is 10.1. The first kappa shape index (κ1) is 11.4. The molecule has 1 atom stereocenters. The maximum Gasteiger partial charge on any atom is 0.328 e. The van der Waals surface area contributed by atoms with Gasteiger partial charge in [0.15, 0.2) is 0 Å². The fourth-order valence-corrected chi connectivity index (χ4v) is 2.65. The number of fused-ring (bicyclic) bond motifs is 1. The van der Waals surface area contributed by atoms with Crippen LogP contribution >= 0.6 is 22.9 Å². The van der Waals surface area contributed by atoms with Crippen molar-refractivity contribution in [3.05, 3.63) is 34.2 Å². The van der Waals surface area contributed by atoms with E-state index in [1.54, 1.807) is 0 Å². The number of hydrogen-bond donors (Lipinski definition) is 1. The van der Waals surface area contributed by atoms with E-state index in [0.717, 1.165) is 15.0 Å². The predicted molar refractivity (Wildman–Crippen MR) is 65.8 cm³/mol. The number of halogens is 1. The lowest BCUT2D eigenvalue weighted by Crippen LogP contribution is -2.21. The van der Waals surface area contributed by atoms with Gasteiger partial charge in [0.25, 0.3) is 0 Å². The molecule has 0 amide bonds. The van der Waals surface area contributed by atoms with Gasteiger partial charge in [-0.1, -0.05) is 11.6 Å². The SMILES string of the molecule is COC(=O)C(N)c1cc2cc(Cl)ccc2s1. The van der Waals surface area contributed by atoms with Gasteiger partial charge in [-0.15, -0.1) is 11.3 Å². The van der Waals surface area contributed by atoms with E-state index in [-0.39, 0.29) is 0 Å². The van der Waals surface area contributed by atoms with Crippen LogP contribution in [0, 0.1) is 0 Å². The first-order valence-corrected chi connectivity index (χ1v) is 5.83. The van der Waals surface area contributed by atoms with E-state index in [0.29, 0.717) is 5.02 Å². The molecule has 16 heavy (non-hydrogen) atoms. The normalized spacial score (nSPS) is 12.7. The number of carbonyl (C=O) groups excluding carboxylic acids is 1. The molecule has 1 unspecified atom stereocenters. The maximum absolute atomic E-state index is 11.3. The molecule has 1 aromatic heterocycles.